The van der Waals surface area contributed by atoms with Crippen molar-refractivity contribution in [3.05, 3.63) is 41.3 Å². The Hall–Kier alpha value is -2.29. The van der Waals surface area contributed by atoms with Crippen molar-refractivity contribution in [1.82, 2.24) is 19.9 Å². The normalized spacial score (nSPS) is 12.6. The molecule has 6 nitrogen and oxygen atoms in total. The summed E-state index contributed by atoms with van der Waals surface area (Å²) in [7, 11) is 0. The number of aliphatic imine (C=N–C) groups is 1. The Morgan fingerprint density at radius 3 is 2.86 bits per heavy atom. The minimum Gasteiger partial charge on any atom is -0.370 e. The molecule has 3 N–H and O–H groups in total. The van der Waals surface area contributed by atoms with Gasteiger partial charge in [0.15, 0.2) is 17.4 Å². The van der Waals surface area contributed by atoms with E-state index in [4.69, 9.17) is 17.3 Å². The van der Waals surface area contributed by atoms with Crippen LogP contribution in [0.1, 0.15) is 11.4 Å². The lowest BCUT2D eigenvalue weighted by molar-refractivity contribution is -0.137. The van der Waals surface area contributed by atoms with E-state index in [1.54, 1.807) is 6.08 Å². The predicted octanol–water partition coefficient (Wildman–Crippen LogP) is 1.99. The molecule has 0 radical (unpaired) electrons. The van der Waals surface area contributed by atoms with E-state index in [0.717, 1.165) is 16.7 Å². The molecule has 2 rings (SSSR count). The summed E-state index contributed by atoms with van der Waals surface area (Å²) in [5, 5.41) is 10.1. The number of nitrogens with one attached hydrogen (secondary N) is 1. The van der Waals surface area contributed by atoms with Crippen LogP contribution < -0.4 is 11.1 Å². The van der Waals surface area contributed by atoms with Crippen molar-refractivity contribution in [2.45, 2.75) is 12.7 Å². The van der Waals surface area contributed by atoms with Gasteiger partial charge in [-0.2, -0.15) is 13.2 Å². The summed E-state index contributed by atoms with van der Waals surface area (Å²) < 4.78 is 39.6. The lowest BCUT2D eigenvalue weighted by atomic mass is 10.3. The highest BCUT2D eigenvalue weighted by Gasteiger charge is 2.32. The van der Waals surface area contributed by atoms with Gasteiger partial charge >= 0.3 is 6.18 Å². The molecule has 0 aliphatic heterocycles. The third-order valence-electron chi connectivity index (χ3n) is 2.68. The molecule has 0 atom stereocenters. The smallest absolute Gasteiger partial charge is 0.370 e. The van der Waals surface area contributed by atoms with Crippen LogP contribution in [0.2, 0.25) is 5.02 Å². The highest BCUT2D eigenvalue weighted by atomic mass is 35.5. The summed E-state index contributed by atoms with van der Waals surface area (Å²) in [4.78, 5) is 3.96. The van der Waals surface area contributed by atoms with E-state index in [1.165, 1.54) is 0 Å². The monoisotopic (exact) mass is 332 g/mol. The molecular weight excluding hydrogens is 321 g/mol. The molecule has 2 heterocycles. The lowest BCUT2D eigenvalue weighted by Gasteiger charge is -2.08. The molecule has 0 aliphatic carbocycles. The molecule has 0 unspecified atom stereocenters. The fourth-order valence-corrected chi connectivity index (χ4v) is 1.90. The maximum absolute atomic E-state index is 12.8. The Labute approximate surface area is 128 Å². The molecule has 0 aliphatic rings. The van der Waals surface area contributed by atoms with Crippen LogP contribution in [0.25, 0.3) is 5.65 Å². The number of rotatable bonds is 4. The SMILES string of the molecule is C=CCNC(N)=NCc1nnc2c(Cl)cc(C(F)(F)F)cn12. The van der Waals surface area contributed by atoms with Gasteiger partial charge in [0.05, 0.1) is 10.6 Å². The molecule has 118 valence electrons. The zero-order valence-corrected chi connectivity index (χ0v) is 12.0. The molecule has 0 bridgehead atoms. The topological polar surface area (TPSA) is 80.6 Å². The molecule has 0 aromatic carbocycles. The van der Waals surface area contributed by atoms with Crippen LogP contribution in [0.4, 0.5) is 13.2 Å². The zero-order valence-electron chi connectivity index (χ0n) is 11.2. The number of alkyl halides is 3. The van der Waals surface area contributed by atoms with Crippen molar-refractivity contribution in [2.24, 2.45) is 10.7 Å². The average molecular weight is 333 g/mol. The van der Waals surface area contributed by atoms with E-state index in [1.807, 2.05) is 0 Å². The fourth-order valence-electron chi connectivity index (χ4n) is 1.65. The molecule has 10 heteroatoms. The van der Waals surface area contributed by atoms with Gasteiger partial charge in [-0.1, -0.05) is 17.7 Å². The van der Waals surface area contributed by atoms with E-state index in [-0.39, 0.29) is 29.0 Å². The third-order valence-corrected chi connectivity index (χ3v) is 2.95. The molecule has 0 saturated heterocycles. The summed E-state index contributed by atoms with van der Waals surface area (Å²) in [6.07, 6.45) is -2.06. The number of nitrogens with zero attached hydrogens (tertiary/aromatic N) is 4. The van der Waals surface area contributed by atoms with Crippen molar-refractivity contribution in [1.29, 1.82) is 0 Å². The molecule has 22 heavy (non-hydrogen) atoms. The van der Waals surface area contributed by atoms with Crippen molar-refractivity contribution >= 4 is 23.2 Å². The van der Waals surface area contributed by atoms with Gasteiger partial charge in [0.25, 0.3) is 0 Å². The standard InChI is InChI=1S/C12H12ClF3N6/c1-2-3-18-11(17)19-5-9-20-21-10-8(13)4-7(6-22(9)10)12(14,15)16/h2,4,6H,1,3,5H2,(H3,17,18,19). The number of nitrogens with two attached hydrogens (primary N) is 1. The van der Waals surface area contributed by atoms with Crippen LogP contribution in [-0.2, 0) is 12.7 Å². The second-order valence-electron chi connectivity index (χ2n) is 4.26. The predicted molar refractivity (Wildman–Crippen MR) is 76.5 cm³/mol. The molecule has 2 aromatic heterocycles. The minimum atomic E-state index is -4.52. The van der Waals surface area contributed by atoms with Crippen LogP contribution in [0.5, 0.6) is 0 Å². The zero-order chi connectivity index (χ0) is 16.3. The highest BCUT2D eigenvalue weighted by Crippen LogP contribution is 2.32. The quantitative estimate of drug-likeness (QED) is 0.510. The van der Waals surface area contributed by atoms with Crippen molar-refractivity contribution in [3.8, 4) is 0 Å². The number of pyridine rings is 1. The number of guanidine groups is 1. The number of hydrogen-bond donors (Lipinski definition) is 2. The van der Waals surface area contributed by atoms with Crippen molar-refractivity contribution < 1.29 is 13.2 Å². The van der Waals surface area contributed by atoms with E-state index in [0.29, 0.717) is 6.54 Å². The molecule has 0 amide bonds. The first-order valence-electron chi connectivity index (χ1n) is 6.08. The average Bonchev–Trinajstić information content (AvgIpc) is 2.85. The van der Waals surface area contributed by atoms with Gasteiger partial charge in [-0.3, -0.25) is 4.40 Å². The summed E-state index contributed by atoms with van der Waals surface area (Å²) in [5.41, 5.74) is 4.80. The first-order valence-corrected chi connectivity index (χ1v) is 6.45. The number of fused-ring (bicyclic) bond motifs is 1. The van der Waals surface area contributed by atoms with Crippen molar-refractivity contribution in [3.63, 3.8) is 0 Å². The van der Waals surface area contributed by atoms with Crippen LogP contribution in [0, 0.1) is 0 Å². The number of hydrogen-bond acceptors (Lipinski definition) is 3. The lowest BCUT2D eigenvalue weighted by Crippen LogP contribution is -2.31. The van der Waals surface area contributed by atoms with E-state index < -0.39 is 11.7 Å². The first kappa shape index (κ1) is 16.1. The van der Waals surface area contributed by atoms with E-state index in [9.17, 15) is 13.2 Å². The number of halogens is 4. The maximum atomic E-state index is 12.8. The summed E-state index contributed by atoms with van der Waals surface area (Å²) in [5.74, 6) is 0.307. The fraction of sp³-hybridized carbons (Fsp3) is 0.250. The molecular formula is C12H12ClF3N6. The van der Waals surface area contributed by atoms with Crippen molar-refractivity contribution in [2.75, 3.05) is 6.54 Å². The highest BCUT2D eigenvalue weighted by molar-refractivity contribution is 6.33. The Morgan fingerprint density at radius 1 is 1.50 bits per heavy atom. The van der Waals surface area contributed by atoms with Gasteiger partial charge in [-0.15, -0.1) is 16.8 Å². The number of aromatic nitrogens is 3. The van der Waals surface area contributed by atoms with Crippen LogP contribution >= 0.6 is 11.6 Å². The second-order valence-corrected chi connectivity index (χ2v) is 4.66. The molecule has 0 fully saturated rings. The molecule has 0 spiro atoms. The van der Waals surface area contributed by atoms with E-state index >= 15 is 0 Å². The van der Waals surface area contributed by atoms with E-state index in [2.05, 4.69) is 27.1 Å². The summed E-state index contributed by atoms with van der Waals surface area (Å²) in [6, 6.07) is 0.804. The van der Waals surface area contributed by atoms with Gasteiger partial charge in [-0.05, 0) is 6.07 Å². The van der Waals surface area contributed by atoms with Gasteiger partial charge in [0, 0.05) is 12.7 Å². The third kappa shape index (κ3) is 3.48. The van der Waals surface area contributed by atoms with Gasteiger partial charge < -0.3 is 11.1 Å². The molecule has 0 saturated carbocycles. The Morgan fingerprint density at radius 2 is 2.23 bits per heavy atom. The van der Waals surface area contributed by atoms with Crippen LogP contribution in [0.15, 0.2) is 29.9 Å². The maximum Gasteiger partial charge on any atom is 0.417 e. The Balaban J connectivity index is 2.35. The van der Waals surface area contributed by atoms with Gasteiger partial charge in [-0.25, -0.2) is 4.99 Å². The van der Waals surface area contributed by atoms with Crippen LogP contribution in [-0.4, -0.2) is 27.1 Å². The largest absolute Gasteiger partial charge is 0.417 e. The molecule has 2 aromatic rings. The second kappa shape index (κ2) is 6.22. The van der Waals surface area contributed by atoms with Gasteiger partial charge in [0.2, 0.25) is 0 Å². The minimum absolute atomic E-state index is 0.0468. The summed E-state index contributed by atoms with van der Waals surface area (Å²) >= 11 is 5.81. The first-order chi connectivity index (χ1) is 10.3. The van der Waals surface area contributed by atoms with Gasteiger partial charge in [0.1, 0.15) is 6.54 Å². The Kier molecular flexibility index (Phi) is 4.55. The summed E-state index contributed by atoms with van der Waals surface area (Å²) in [6.45, 7) is 3.88. The Bertz CT molecular complexity index is 721. The van der Waals surface area contributed by atoms with Crippen LogP contribution in [0.3, 0.4) is 0 Å².